The molecular weight excluding hydrogens is 1690 g/mol. The number of fused-ring (bicyclic) bond motifs is 16. The second kappa shape index (κ2) is 31.2. The van der Waals surface area contributed by atoms with Crippen molar-refractivity contribution in [1.29, 1.82) is 0 Å². The third-order valence-electron chi connectivity index (χ3n) is 31.5. The fourth-order valence-corrected chi connectivity index (χ4v) is 29.7. The molecule has 0 aliphatic carbocycles. The maximum Gasteiger partial charge on any atom is 0.252 e. The van der Waals surface area contributed by atoms with Crippen LogP contribution in [-0.2, 0) is 16.9 Å². The van der Waals surface area contributed by atoms with Crippen LogP contribution >= 0.6 is 0 Å². The third-order valence-corrected chi connectivity index (χ3v) is 42.8. The maximum atomic E-state index is 2.71. The highest BCUT2D eigenvalue weighted by Gasteiger charge is 2.52. The predicted molar refractivity (Wildman–Crippen MR) is 598 cm³/mol. The lowest BCUT2D eigenvalue weighted by Gasteiger charge is -2.47. The normalized spacial score (nSPS) is 14.1. The van der Waals surface area contributed by atoms with Gasteiger partial charge in [-0.2, -0.15) is 0 Å². The average Bonchev–Trinajstić information content (AvgIpc) is 0.693. The standard InChI is InChI=1S/C122H111B3N6Si4/c1-121(2,80-83-37-34-47-99-97(83)69-71-103-120(99)131(90-44-26-19-27-45-90)113-75-84(81-54-64-93(65-55-81)132(5,6)7)74-112-117(113)124(103)102-70-56-82-36-28-29-46-98(82)119(102)130(112)89-42-24-18-25-43-89)85-57-60-91(61-58-85)126-108-72-59-86(76-104(108)125-105-77-95(134(11,12)13)68-73-109(105)127(111-53-35-52-110(126)116(111)125)92-62-66-94(67-63-92)133(8,9)10)122(3,4)135(14,15)96-78-114-118-115(79-96)129(88-40-22-17-23-41-88)107-51-33-31-49-101(107)123(118)100-48-30-32-50-106(100)128(114)87-38-20-16-21-39-87/h16-79H,80H2,1-15H3. The molecule has 6 nitrogen and oxygen atoms in total. The summed E-state index contributed by atoms with van der Waals surface area (Å²) in [5.41, 5.74) is 39.8. The molecule has 18 aromatic carbocycles. The molecule has 0 saturated heterocycles. The van der Waals surface area contributed by atoms with Crippen LogP contribution in [0.25, 0.3) is 32.7 Å². The van der Waals surface area contributed by atoms with E-state index in [2.05, 4.69) is 517 Å². The van der Waals surface area contributed by atoms with Crippen LogP contribution in [-0.4, -0.2) is 52.4 Å². The maximum absolute atomic E-state index is 2.73. The van der Waals surface area contributed by atoms with Crippen molar-refractivity contribution in [3.05, 3.63) is 405 Å². The number of nitrogens with zero attached hydrogens (tertiary/aromatic N) is 6. The Labute approximate surface area is 802 Å². The fraction of sp³-hybridized carbons (Fsp3) is 0.148. The summed E-state index contributed by atoms with van der Waals surface area (Å²) < 4.78 is 0. The van der Waals surface area contributed by atoms with Crippen LogP contribution in [0.3, 0.4) is 0 Å². The number of rotatable bonds is 16. The van der Waals surface area contributed by atoms with E-state index in [0.717, 1.165) is 34.9 Å². The van der Waals surface area contributed by atoms with Gasteiger partial charge in [-0.15, -0.1) is 0 Å². The Bertz CT molecular complexity index is 7730. The summed E-state index contributed by atoms with van der Waals surface area (Å²) >= 11 is 0. The van der Waals surface area contributed by atoms with Crippen LogP contribution in [0.5, 0.6) is 0 Å². The zero-order valence-electron chi connectivity index (χ0n) is 80.1. The largest absolute Gasteiger partial charge is 0.311 e. The zero-order chi connectivity index (χ0) is 92.3. The molecule has 0 radical (unpaired) electrons. The number of benzene rings is 18. The first kappa shape index (κ1) is 84.3. The highest BCUT2D eigenvalue weighted by Crippen LogP contribution is 2.53. The van der Waals surface area contributed by atoms with Crippen LogP contribution < -0.4 is 99.3 Å². The van der Waals surface area contributed by atoms with Gasteiger partial charge in [-0.1, -0.05) is 375 Å². The van der Waals surface area contributed by atoms with E-state index in [1.165, 1.54) is 193 Å². The minimum Gasteiger partial charge on any atom is -0.311 e. The van der Waals surface area contributed by atoms with Crippen molar-refractivity contribution in [1.82, 2.24) is 0 Å². The molecule has 24 rings (SSSR count). The number of anilines is 18. The van der Waals surface area contributed by atoms with Gasteiger partial charge in [0.05, 0.1) is 32.3 Å². The van der Waals surface area contributed by atoms with Gasteiger partial charge >= 0.3 is 0 Å². The summed E-state index contributed by atoms with van der Waals surface area (Å²) in [6.45, 7) is 37.6. The molecule has 0 amide bonds. The summed E-state index contributed by atoms with van der Waals surface area (Å²) in [6, 6.07) is 151. The van der Waals surface area contributed by atoms with Crippen LogP contribution in [0.1, 0.15) is 44.4 Å². The molecule has 18 aromatic rings. The first-order valence-electron chi connectivity index (χ1n) is 48.5. The topological polar surface area (TPSA) is 19.4 Å². The van der Waals surface area contributed by atoms with Gasteiger partial charge in [0.2, 0.25) is 0 Å². The Morgan fingerprint density at radius 2 is 0.600 bits per heavy atom. The molecule has 0 saturated carbocycles. The minimum absolute atomic E-state index is 0.0271. The molecule has 6 aliphatic heterocycles. The van der Waals surface area contributed by atoms with Gasteiger partial charge in [-0.25, -0.2) is 0 Å². The molecule has 13 heteroatoms. The summed E-state index contributed by atoms with van der Waals surface area (Å²) in [7, 11) is -7.88. The van der Waals surface area contributed by atoms with E-state index in [0.29, 0.717) is 0 Å². The van der Waals surface area contributed by atoms with Crippen molar-refractivity contribution in [3.63, 3.8) is 0 Å². The Kier molecular flexibility index (Phi) is 19.5. The van der Waals surface area contributed by atoms with E-state index in [1.54, 1.807) is 0 Å². The molecule has 0 atom stereocenters. The number of hydrogen-bond acceptors (Lipinski definition) is 6. The first-order chi connectivity index (χ1) is 65.2. The van der Waals surface area contributed by atoms with E-state index in [1.807, 2.05) is 0 Å². The minimum atomic E-state index is -2.73. The van der Waals surface area contributed by atoms with E-state index in [-0.39, 0.29) is 30.6 Å². The predicted octanol–water partition coefficient (Wildman–Crippen LogP) is 24.5. The van der Waals surface area contributed by atoms with E-state index >= 15 is 0 Å². The third kappa shape index (κ3) is 13.3. The van der Waals surface area contributed by atoms with Crippen molar-refractivity contribution in [2.75, 3.05) is 29.4 Å². The van der Waals surface area contributed by atoms with Crippen LogP contribution in [0, 0.1) is 0 Å². The second-order valence-electron chi connectivity index (χ2n) is 43.4. The first-order valence-corrected chi connectivity index (χ1v) is 62.0. The molecule has 0 N–H and O–H groups in total. The molecule has 135 heavy (non-hydrogen) atoms. The van der Waals surface area contributed by atoms with E-state index in [4.69, 9.17) is 0 Å². The monoisotopic (exact) mass is 1800 g/mol. The SMILES string of the molecule is CC(C)(Cc1cccc2c3c(ccc12)B1c2ccc4ccccc4c2N(c2ccccc2)c2cc(-c4ccc([Si](C)(C)C)cc4)cc(c21)N3c1ccccc1)c1ccc(N2c3ccc(C(C)(C)[Si](C)(C)c4cc5c6c(c4)N(c4ccccc4)c4ccccc4B6c4ccccc4N5c4ccccc4)cc3B3c4cc([Si](C)(C)C)ccc4N(c4ccc([Si](C)(C)C)cc4)c4cccc2c43)cc1. The van der Waals surface area contributed by atoms with Gasteiger partial charge < -0.3 is 29.4 Å². The van der Waals surface area contributed by atoms with Crippen LogP contribution in [0.2, 0.25) is 72.0 Å². The van der Waals surface area contributed by atoms with Crippen molar-refractivity contribution in [2.45, 2.75) is 117 Å². The highest BCUT2D eigenvalue weighted by atomic mass is 28.3. The molecule has 0 bridgehead atoms. The van der Waals surface area contributed by atoms with Crippen molar-refractivity contribution >= 4 is 246 Å². The Balaban J connectivity index is 0.653. The highest BCUT2D eigenvalue weighted by molar-refractivity contribution is 7.03. The lowest BCUT2D eigenvalue weighted by atomic mass is 9.33. The van der Waals surface area contributed by atoms with Gasteiger partial charge in [0.1, 0.15) is 0 Å². The van der Waals surface area contributed by atoms with Gasteiger partial charge in [0.15, 0.2) is 0 Å². The average molecular weight is 1810 g/mol. The Morgan fingerprint density at radius 3 is 1.13 bits per heavy atom. The Hall–Kier alpha value is -13.7. The summed E-state index contributed by atoms with van der Waals surface area (Å²) in [5, 5.41) is 10.5. The summed E-state index contributed by atoms with van der Waals surface area (Å²) in [6.07, 6.45) is 0.814. The number of para-hydroxylation sites is 6. The van der Waals surface area contributed by atoms with E-state index < -0.39 is 32.3 Å². The number of hydrogen-bond donors (Lipinski definition) is 0. The lowest BCUT2D eigenvalue weighted by molar-refractivity contribution is 0.524. The lowest BCUT2D eigenvalue weighted by Crippen LogP contribution is -2.64. The molecule has 0 unspecified atom stereocenters. The molecule has 0 aromatic heterocycles. The molecule has 0 fully saturated rings. The fourth-order valence-electron chi connectivity index (χ4n) is 23.6. The summed E-state index contributed by atoms with van der Waals surface area (Å²) in [4.78, 5) is 15.6. The van der Waals surface area contributed by atoms with Crippen molar-refractivity contribution < 1.29 is 0 Å². The smallest absolute Gasteiger partial charge is 0.252 e. The summed E-state index contributed by atoms with van der Waals surface area (Å²) in [5.74, 6) is 0. The van der Waals surface area contributed by atoms with Gasteiger partial charge in [0.25, 0.3) is 20.1 Å². The van der Waals surface area contributed by atoms with Crippen molar-refractivity contribution in [3.8, 4) is 11.1 Å². The van der Waals surface area contributed by atoms with Gasteiger partial charge in [-0.3, -0.25) is 0 Å². The zero-order valence-corrected chi connectivity index (χ0v) is 84.1. The van der Waals surface area contributed by atoms with E-state index in [9.17, 15) is 0 Å². The second-order valence-corrected chi connectivity index (χ2v) is 63.7. The molecule has 6 aliphatic rings. The molecule has 0 spiro atoms. The molecule has 6 heterocycles. The Morgan fingerprint density at radius 1 is 0.230 bits per heavy atom. The van der Waals surface area contributed by atoms with Gasteiger partial charge in [-0.05, 0) is 238 Å². The molecule has 654 valence electrons. The van der Waals surface area contributed by atoms with Crippen LogP contribution in [0.4, 0.5) is 102 Å². The van der Waals surface area contributed by atoms with Crippen molar-refractivity contribution in [2.24, 2.45) is 0 Å². The quantitative estimate of drug-likeness (QED) is 0.0892. The van der Waals surface area contributed by atoms with Crippen LogP contribution in [0.15, 0.2) is 388 Å². The van der Waals surface area contributed by atoms with Gasteiger partial charge in [0, 0.05) is 113 Å². The molecular formula is C122H111B3N6Si4.